The Hall–Kier alpha value is -3.08. The normalized spacial score (nSPS) is 20.2. The van der Waals surface area contributed by atoms with Gasteiger partial charge in [-0.15, -0.1) is 0 Å². The lowest BCUT2D eigenvalue weighted by Gasteiger charge is -2.32. The number of nitrogens with zero attached hydrogens (tertiary/aromatic N) is 2. The van der Waals surface area contributed by atoms with E-state index in [1.807, 2.05) is 24.4 Å². The first-order chi connectivity index (χ1) is 15.0. The minimum absolute atomic E-state index is 0.0629. The number of imidazole rings is 1. The molecular weight excluding hydrogens is 389 g/mol. The molecule has 4 nitrogen and oxygen atoms in total. The van der Waals surface area contributed by atoms with E-state index < -0.39 is 0 Å². The fourth-order valence-electron chi connectivity index (χ4n) is 5.11. The minimum Gasteiger partial charge on any atom is -0.342 e. The molecule has 1 aliphatic carbocycles. The number of hydrogen-bond acceptors (Lipinski definition) is 3. The van der Waals surface area contributed by atoms with Crippen LogP contribution in [0.5, 0.6) is 0 Å². The van der Waals surface area contributed by atoms with Gasteiger partial charge in [0.1, 0.15) is 11.6 Å². The van der Waals surface area contributed by atoms with Gasteiger partial charge in [0.15, 0.2) is 5.78 Å². The number of aromatic amines is 1. The second-order valence-electron chi connectivity index (χ2n) is 8.87. The van der Waals surface area contributed by atoms with Crippen LogP contribution in [0.1, 0.15) is 73.1 Å². The molecule has 1 aliphatic rings. The molecular formula is C26H26FN3O. The highest BCUT2D eigenvalue weighted by Gasteiger charge is 2.29. The Morgan fingerprint density at radius 2 is 1.84 bits per heavy atom. The van der Waals surface area contributed by atoms with E-state index in [1.54, 1.807) is 19.1 Å². The van der Waals surface area contributed by atoms with Gasteiger partial charge in [-0.3, -0.25) is 9.78 Å². The Morgan fingerprint density at radius 3 is 2.61 bits per heavy atom. The standard InChI is InChI=1S/C26H26FN3O/c1-15(26-29-24-9-7-19(16(2)31)13-25(24)30-26)17-3-5-18(6-4-17)21-11-12-28-23-10-8-20(27)14-22(21)23/h7-15,17-18H,3-6H2,1-2H3,(H,29,30)/t15-,17?,18?/m0/s1. The number of halogens is 1. The number of nitrogens with one attached hydrogen (secondary N) is 1. The molecule has 31 heavy (non-hydrogen) atoms. The summed E-state index contributed by atoms with van der Waals surface area (Å²) < 4.78 is 13.8. The van der Waals surface area contributed by atoms with Crippen molar-refractivity contribution in [3.8, 4) is 0 Å². The molecule has 5 rings (SSSR count). The average Bonchev–Trinajstić information content (AvgIpc) is 3.21. The Morgan fingerprint density at radius 1 is 1.06 bits per heavy atom. The van der Waals surface area contributed by atoms with Crippen molar-refractivity contribution in [2.75, 3.05) is 0 Å². The predicted molar refractivity (Wildman–Crippen MR) is 121 cm³/mol. The van der Waals surface area contributed by atoms with E-state index in [9.17, 15) is 9.18 Å². The summed E-state index contributed by atoms with van der Waals surface area (Å²) in [5.41, 5.74) is 4.62. The smallest absolute Gasteiger partial charge is 0.159 e. The molecule has 0 spiro atoms. The fraction of sp³-hybridized carbons (Fsp3) is 0.346. The van der Waals surface area contributed by atoms with E-state index in [4.69, 9.17) is 4.98 Å². The number of Topliss-reactive ketones (excluding diaryl/α,β-unsaturated/α-hetero) is 1. The highest BCUT2D eigenvalue weighted by molar-refractivity contribution is 5.97. The molecule has 0 bridgehead atoms. The van der Waals surface area contributed by atoms with Crippen LogP contribution in [0.25, 0.3) is 21.9 Å². The number of rotatable bonds is 4. The molecule has 5 heteroatoms. The maximum Gasteiger partial charge on any atom is 0.159 e. The van der Waals surface area contributed by atoms with Crippen LogP contribution in [0.4, 0.5) is 4.39 Å². The van der Waals surface area contributed by atoms with Gasteiger partial charge in [-0.2, -0.15) is 0 Å². The highest BCUT2D eigenvalue weighted by atomic mass is 19.1. The second-order valence-corrected chi connectivity index (χ2v) is 8.87. The van der Waals surface area contributed by atoms with Gasteiger partial charge in [0, 0.05) is 23.1 Å². The van der Waals surface area contributed by atoms with Crippen molar-refractivity contribution in [3.05, 3.63) is 71.4 Å². The van der Waals surface area contributed by atoms with Crippen LogP contribution in [-0.4, -0.2) is 20.7 Å². The third kappa shape index (κ3) is 3.73. The first-order valence-electron chi connectivity index (χ1n) is 11.0. The number of carbonyl (C=O) groups excluding carboxylic acids is 1. The van der Waals surface area contributed by atoms with Gasteiger partial charge in [0.25, 0.3) is 0 Å². The molecule has 0 amide bonds. The summed E-state index contributed by atoms with van der Waals surface area (Å²) >= 11 is 0. The van der Waals surface area contributed by atoms with Crippen molar-refractivity contribution < 1.29 is 9.18 Å². The van der Waals surface area contributed by atoms with Crippen molar-refractivity contribution in [1.82, 2.24) is 15.0 Å². The first kappa shape index (κ1) is 19.9. The van der Waals surface area contributed by atoms with Crippen molar-refractivity contribution in [1.29, 1.82) is 0 Å². The average molecular weight is 416 g/mol. The molecule has 4 aromatic rings. The summed E-state index contributed by atoms with van der Waals surface area (Å²) in [4.78, 5) is 24.3. The monoisotopic (exact) mass is 415 g/mol. The van der Waals surface area contributed by atoms with Crippen LogP contribution < -0.4 is 0 Å². The largest absolute Gasteiger partial charge is 0.342 e. The highest BCUT2D eigenvalue weighted by Crippen LogP contribution is 2.43. The number of H-pyrrole nitrogens is 1. The predicted octanol–water partition coefficient (Wildman–Crippen LogP) is 6.53. The van der Waals surface area contributed by atoms with E-state index in [-0.39, 0.29) is 11.6 Å². The minimum atomic E-state index is -0.207. The van der Waals surface area contributed by atoms with Gasteiger partial charge < -0.3 is 4.98 Å². The number of carbonyl (C=O) groups is 1. The van der Waals surface area contributed by atoms with Crippen LogP contribution in [0.15, 0.2) is 48.7 Å². The number of aromatic nitrogens is 3. The zero-order chi connectivity index (χ0) is 21.5. The molecule has 2 heterocycles. The van der Waals surface area contributed by atoms with E-state index in [2.05, 4.69) is 23.0 Å². The number of hydrogen-bond donors (Lipinski definition) is 1. The maximum atomic E-state index is 13.8. The third-order valence-electron chi connectivity index (χ3n) is 6.99. The summed E-state index contributed by atoms with van der Waals surface area (Å²) in [6, 6.07) is 12.6. The van der Waals surface area contributed by atoms with Gasteiger partial charge in [-0.25, -0.2) is 9.37 Å². The topological polar surface area (TPSA) is 58.6 Å². The van der Waals surface area contributed by atoms with E-state index in [0.717, 1.165) is 53.4 Å². The summed E-state index contributed by atoms with van der Waals surface area (Å²) in [6.07, 6.45) is 6.23. The molecule has 2 aromatic heterocycles. The lowest BCUT2D eigenvalue weighted by molar-refractivity contribution is 0.101. The van der Waals surface area contributed by atoms with Crippen molar-refractivity contribution in [2.24, 2.45) is 5.92 Å². The Balaban J connectivity index is 1.33. The zero-order valence-electron chi connectivity index (χ0n) is 17.9. The van der Waals surface area contributed by atoms with E-state index >= 15 is 0 Å². The summed E-state index contributed by atoms with van der Waals surface area (Å²) in [7, 11) is 0. The lowest BCUT2D eigenvalue weighted by Crippen LogP contribution is -2.19. The van der Waals surface area contributed by atoms with Crippen LogP contribution in [0.3, 0.4) is 0 Å². The van der Waals surface area contributed by atoms with Crippen molar-refractivity contribution in [3.63, 3.8) is 0 Å². The summed E-state index contributed by atoms with van der Waals surface area (Å²) in [5.74, 6) is 2.16. The molecule has 0 radical (unpaired) electrons. The molecule has 0 aliphatic heterocycles. The number of fused-ring (bicyclic) bond motifs is 2. The number of pyridine rings is 1. The number of benzene rings is 2. The quantitative estimate of drug-likeness (QED) is 0.386. The van der Waals surface area contributed by atoms with Gasteiger partial charge in [-0.1, -0.05) is 6.92 Å². The van der Waals surface area contributed by atoms with Crippen molar-refractivity contribution >= 4 is 27.7 Å². The van der Waals surface area contributed by atoms with Crippen LogP contribution >= 0.6 is 0 Å². The molecule has 2 aromatic carbocycles. The number of ketones is 1. The lowest BCUT2D eigenvalue weighted by atomic mass is 9.73. The SMILES string of the molecule is CC(=O)c1ccc2nc([C@@H](C)C3CCC(c4ccnc5ccc(F)cc45)CC3)[nH]c2c1. The molecule has 1 fully saturated rings. The fourth-order valence-corrected chi connectivity index (χ4v) is 5.11. The third-order valence-corrected chi connectivity index (χ3v) is 6.99. The summed E-state index contributed by atoms with van der Waals surface area (Å²) in [6.45, 7) is 3.83. The zero-order valence-corrected chi connectivity index (χ0v) is 17.9. The van der Waals surface area contributed by atoms with Crippen LogP contribution in [-0.2, 0) is 0 Å². The molecule has 0 unspecified atom stereocenters. The van der Waals surface area contributed by atoms with Gasteiger partial charge in [0.2, 0.25) is 0 Å². The first-order valence-corrected chi connectivity index (χ1v) is 11.0. The molecule has 1 N–H and O–H groups in total. The van der Waals surface area contributed by atoms with Gasteiger partial charge in [-0.05, 0) is 92.5 Å². The molecule has 158 valence electrons. The van der Waals surface area contributed by atoms with Crippen LogP contribution in [0.2, 0.25) is 0 Å². The maximum absolute atomic E-state index is 13.8. The van der Waals surface area contributed by atoms with Gasteiger partial charge in [0.05, 0.1) is 16.6 Å². The Kier molecular flexibility index (Phi) is 5.05. The van der Waals surface area contributed by atoms with Gasteiger partial charge >= 0.3 is 0 Å². The van der Waals surface area contributed by atoms with Crippen molar-refractivity contribution in [2.45, 2.75) is 51.4 Å². The molecule has 1 atom stereocenters. The molecule has 0 saturated heterocycles. The van der Waals surface area contributed by atoms with Crippen LogP contribution in [0, 0.1) is 11.7 Å². The Labute approximate surface area is 180 Å². The molecule has 1 saturated carbocycles. The van der Waals surface area contributed by atoms with E-state index in [0.29, 0.717) is 23.3 Å². The second kappa shape index (κ2) is 7.88. The Bertz CT molecular complexity index is 1270. The summed E-state index contributed by atoms with van der Waals surface area (Å²) in [5, 5.41) is 0.942. The van der Waals surface area contributed by atoms with E-state index in [1.165, 1.54) is 11.6 Å².